The third-order valence-corrected chi connectivity index (χ3v) is 3.91. The van der Waals surface area contributed by atoms with Gasteiger partial charge < -0.3 is 9.47 Å². The van der Waals surface area contributed by atoms with Crippen LogP contribution in [0, 0.1) is 0 Å². The second kappa shape index (κ2) is 10.3. The van der Waals surface area contributed by atoms with Gasteiger partial charge in [-0.25, -0.2) is 4.79 Å². The first-order chi connectivity index (χ1) is 12.2. The van der Waals surface area contributed by atoms with E-state index in [2.05, 4.69) is 13.5 Å². The second-order valence-corrected chi connectivity index (χ2v) is 5.97. The Labute approximate surface area is 150 Å². The van der Waals surface area contributed by atoms with Gasteiger partial charge in [-0.3, -0.25) is 0 Å². The normalized spacial score (nSPS) is 10.3. The molecule has 0 heterocycles. The van der Waals surface area contributed by atoms with E-state index in [-0.39, 0.29) is 5.97 Å². The van der Waals surface area contributed by atoms with Gasteiger partial charge in [0.05, 0.1) is 5.56 Å². The van der Waals surface area contributed by atoms with Crippen molar-refractivity contribution in [2.24, 2.45) is 0 Å². The van der Waals surface area contributed by atoms with Gasteiger partial charge in [0.2, 0.25) is 0 Å². The Morgan fingerprint density at radius 2 is 1.64 bits per heavy atom. The molecule has 0 saturated carbocycles. The highest BCUT2D eigenvalue weighted by Gasteiger charge is 2.08. The lowest BCUT2D eigenvalue weighted by Crippen LogP contribution is -2.08. The molecule has 0 aliphatic rings. The molecule has 3 nitrogen and oxygen atoms in total. The maximum absolute atomic E-state index is 12.2. The number of esters is 1. The van der Waals surface area contributed by atoms with Gasteiger partial charge in [0.15, 0.2) is 0 Å². The average Bonchev–Trinajstić information content (AvgIpc) is 2.65. The fraction of sp³-hybridized carbons (Fsp3) is 0.318. The first-order valence-corrected chi connectivity index (χ1v) is 8.88. The summed E-state index contributed by atoms with van der Waals surface area (Å²) in [5.74, 6) is 0.893. The molecule has 3 heteroatoms. The van der Waals surface area contributed by atoms with Crippen molar-refractivity contribution in [1.82, 2.24) is 0 Å². The van der Waals surface area contributed by atoms with Gasteiger partial charge >= 0.3 is 5.97 Å². The molecule has 0 N–H and O–H groups in total. The minimum atomic E-state index is -0.369. The number of carbonyl (C=O) groups is 1. The molecule has 0 radical (unpaired) electrons. The van der Waals surface area contributed by atoms with Crippen LogP contribution < -0.4 is 9.47 Å². The summed E-state index contributed by atoms with van der Waals surface area (Å²) < 4.78 is 10.8. The maximum atomic E-state index is 12.2. The van der Waals surface area contributed by atoms with Crippen molar-refractivity contribution in [2.45, 2.75) is 39.0 Å². The van der Waals surface area contributed by atoms with Crippen molar-refractivity contribution >= 4 is 5.97 Å². The zero-order chi connectivity index (χ0) is 17.9. The Morgan fingerprint density at radius 1 is 0.960 bits per heavy atom. The van der Waals surface area contributed by atoms with Gasteiger partial charge in [-0.15, -0.1) is 0 Å². The number of benzene rings is 2. The lowest BCUT2D eigenvalue weighted by molar-refractivity contribution is 0.0734. The third kappa shape index (κ3) is 6.46. The summed E-state index contributed by atoms with van der Waals surface area (Å²) in [5, 5.41) is 0. The SMILES string of the molecule is C=CCOc1ccc(C(=O)Oc2ccc(CCCCCC)cc2)cc1. The van der Waals surface area contributed by atoms with E-state index >= 15 is 0 Å². The van der Waals surface area contributed by atoms with Crippen LogP contribution in [0.4, 0.5) is 0 Å². The Bertz CT molecular complexity index is 657. The topological polar surface area (TPSA) is 35.5 Å². The smallest absolute Gasteiger partial charge is 0.343 e. The second-order valence-electron chi connectivity index (χ2n) is 5.97. The molecule has 2 aromatic carbocycles. The van der Waals surface area contributed by atoms with Gasteiger partial charge in [-0.2, -0.15) is 0 Å². The number of unbranched alkanes of at least 4 members (excludes halogenated alkanes) is 3. The molecule has 0 saturated heterocycles. The van der Waals surface area contributed by atoms with Crippen molar-refractivity contribution < 1.29 is 14.3 Å². The van der Waals surface area contributed by atoms with E-state index in [1.54, 1.807) is 30.3 Å². The van der Waals surface area contributed by atoms with Gasteiger partial charge in [0, 0.05) is 0 Å². The maximum Gasteiger partial charge on any atom is 0.343 e. The molecule has 0 atom stereocenters. The summed E-state index contributed by atoms with van der Waals surface area (Å²) in [5.41, 5.74) is 1.77. The van der Waals surface area contributed by atoms with Crippen LogP contribution in [0.5, 0.6) is 11.5 Å². The highest BCUT2D eigenvalue weighted by Crippen LogP contribution is 2.18. The first-order valence-electron chi connectivity index (χ1n) is 8.88. The van der Waals surface area contributed by atoms with Crippen molar-refractivity contribution in [1.29, 1.82) is 0 Å². The summed E-state index contributed by atoms with van der Waals surface area (Å²) in [6.07, 6.45) is 7.74. The molecule has 0 unspecified atom stereocenters. The Kier molecular flexibility index (Phi) is 7.77. The highest BCUT2D eigenvalue weighted by atomic mass is 16.5. The van der Waals surface area contributed by atoms with Crippen molar-refractivity contribution in [2.75, 3.05) is 6.61 Å². The molecule has 2 aromatic rings. The zero-order valence-corrected chi connectivity index (χ0v) is 14.9. The van der Waals surface area contributed by atoms with E-state index in [1.807, 2.05) is 24.3 Å². The van der Waals surface area contributed by atoms with E-state index in [1.165, 1.54) is 31.2 Å². The van der Waals surface area contributed by atoms with Crippen LogP contribution in [0.1, 0.15) is 48.5 Å². The fourth-order valence-electron chi connectivity index (χ4n) is 2.49. The lowest BCUT2D eigenvalue weighted by Gasteiger charge is -2.07. The highest BCUT2D eigenvalue weighted by molar-refractivity contribution is 5.91. The van der Waals surface area contributed by atoms with E-state index in [4.69, 9.17) is 9.47 Å². The van der Waals surface area contributed by atoms with E-state index in [0.717, 1.165) is 6.42 Å². The zero-order valence-electron chi connectivity index (χ0n) is 14.9. The molecular formula is C22H26O3. The molecule has 0 spiro atoms. The quantitative estimate of drug-likeness (QED) is 0.245. The number of aryl methyl sites for hydroxylation is 1. The summed E-state index contributed by atoms with van der Waals surface area (Å²) >= 11 is 0. The van der Waals surface area contributed by atoms with E-state index < -0.39 is 0 Å². The number of hydrogen-bond donors (Lipinski definition) is 0. The molecule has 0 fully saturated rings. The monoisotopic (exact) mass is 338 g/mol. The fourth-order valence-corrected chi connectivity index (χ4v) is 2.49. The van der Waals surface area contributed by atoms with Crippen molar-refractivity contribution in [3.05, 3.63) is 72.3 Å². The van der Waals surface area contributed by atoms with Gasteiger partial charge in [-0.1, -0.05) is 51.0 Å². The van der Waals surface area contributed by atoms with Crippen LogP contribution in [-0.2, 0) is 6.42 Å². The molecule has 2 rings (SSSR count). The standard InChI is InChI=1S/C22H26O3/c1-3-5-6-7-8-18-9-13-21(14-10-18)25-22(23)19-11-15-20(16-12-19)24-17-4-2/h4,9-16H,2-3,5-8,17H2,1H3. The number of ether oxygens (including phenoxy) is 2. The predicted octanol–water partition coefficient (Wildman–Crippen LogP) is 5.59. The van der Waals surface area contributed by atoms with Crippen LogP contribution in [0.3, 0.4) is 0 Å². The minimum absolute atomic E-state index is 0.369. The van der Waals surface area contributed by atoms with E-state index in [0.29, 0.717) is 23.7 Å². The summed E-state index contributed by atoms with van der Waals surface area (Å²) in [6.45, 7) is 6.25. The van der Waals surface area contributed by atoms with Crippen LogP contribution in [0.2, 0.25) is 0 Å². The van der Waals surface area contributed by atoms with Crippen molar-refractivity contribution in [3.63, 3.8) is 0 Å². The van der Waals surface area contributed by atoms with Crippen LogP contribution >= 0.6 is 0 Å². The Morgan fingerprint density at radius 3 is 2.28 bits per heavy atom. The Balaban J connectivity index is 1.86. The van der Waals surface area contributed by atoms with E-state index in [9.17, 15) is 4.79 Å². The number of rotatable bonds is 10. The minimum Gasteiger partial charge on any atom is -0.490 e. The molecule has 25 heavy (non-hydrogen) atoms. The first kappa shape index (κ1) is 18.8. The molecule has 0 bridgehead atoms. The van der Waals surface area contributed by atoms with Gasteiger partial charge in [-0.05, 0) is 54.8 Å². The Hall–Kier alpha value is -2.55. The van der Waals surface area contributed by atoms with Crippen molar-refractivity contribution in [3.8, 4) is 11.5 Å². The van der Waals surface area contributed by atoms with Gasteiger partial charge in [0.1, 0.15) is 18.1 Å². The van der Waals surface area contributed by atoms with Crippen LogP contribution in [0.25, 0.3) is 0 Å². The molecule has 0 aliphatic carbocycles. The number of hydrogen-bond acceptors (Lipinski definition) is 3. The number of carbonyl (C=O) groups excluding carboxylic acids is 1. The lowest BCUT2D eigenvalue weighted by atomic mass is 10.1. The van der Waals surface area contributed by atoms with Crippen LogP contribution in [-0.4, -0.2) is 12.6 Å². The summed E-state index contributed by atoms with van der Waals surface area (Å²) in [4.78, 5) is 12.2. The molecule has 0 aromatic heterocycles. The molecule has 132 valence electrons. The largest absolute Gasteiger partial charge is 0.490 e. The molecule has 0 aliphatic heterocycles. The third-order valence-electron chi connectivity index (χ3n) is 3.91. The summed E-state index contributed by atoms with van der Waals surface area (Å²) in [7, 11) is 0. The predicted molar refractivity (Wildman–Crippen MR) is 101 cm³/mol. The van der Waals surface area contributed by atoms with Gasteiger partial charge in [0.25, 0.3) is 0 Å². The molecular weight excluding hydrogens is 312 g/mol. The van der Waals surface area contributed by atoms with Crippen LogP contribution in [0.15, 0.2) is 61.2 Å². The summed E-state index contributed by atoms with van der Waals surface area (Å²) in [6, 6.07) is 14.7. The average molecular weight is 338 g/mol. The molecule has 0 amide bonds.